The summed E-state index contributed by atoms with van der Waals surface area (Å²) in [6.45, 7) is -0.0241. The van der Waals surface area contributed by atoms with E-state index in [9.17, 15) is 9.18 Å². The minimum atomic E-state index is -0.556. The molecule has 0 unspecified atom stereocenters. The molecule has 0 amide bonds. The van der Waals surface area contributed by atoms with Gasteiger partial charge in [-0.25, -0.2) is 9.18 Å². The zero-order valence-corrected chi connectivity index (χ0v) is 12.5. The van der Waals surface area contributed by atoms with Crippen LogP contribution in [0.5, 0.6) is 5.75 Å². The molecule has 0 N–H and O–H groups in total. The maximum absolute atomic E-state index is 13.5. The van der Waals surface area contributed by atoms with E-state index < -0.39 is 5.97 Å². The predicted octanol–water partition coefficient (Wildman–Crippen LogP) is 4.50. The molecule has 0 fully saturated rings. The lowest BCUT2D eigenvalue weighted by Gasteiger charge is -2.11. The Bertz CT molecular complexity index is 651. The Labute approximate surface area is 131 Å². The van der Waals surface area contributed by atoms with Crippen molar-refractivity contribution in [1.82, 2.24) is 0 Å². The summed E-state index contributed by atoms with van der Waals surface area (Å²) in [5, 5.41) is 0.304. The van der Waals surface area contributed by atoms with Gasteiger partial charge in [0.15, 0.2) is 5.75 Å². The van der Waals surface area contributed by atoms with E-state index in [0.717, 1.165) is 0 Å². The van der Waals surface area contributed by atoms with Gasteiger partial charge in [-0.05, 0) is 18.2 Å². The van der Waals surface area contributed by atoms with Gasteiger partial charge >= 0.3 is 5.97 Å². The molecule has 0 atom stereocenters. The number of ether oxygens (including phenoxy) is 2. The molecule has 0 saturated heterocycles. The summed E-state index contributed by atoms with van der Waals surface area (Å²) in [4.78, 5) is 11.4. The molecule has 110 valence electrons. The zero-order valence-electron chi connectivity index (χ0n) is 11.0. The van der Waals surface area contributed by atoms with Gasteiger partial charge in [0.05, 0.1) is 22.7 Å². The lowest BCUT2D eigenvalue weighted by atomic mass is 10.2. The highest BCUT2D eigenvalue weighted by molar-refractivity contribution is 6.37. The van der Waals surface area contributed by atoms with Crippen LogP contribution in [0.4, 0.5) is 4.39 Å². The number of benzene rings is 2. The van der Waals surface area contributed by atoms with Crippen molar-refractivity contribution in [3.05, 3.63) is 63.4 Å². The first-order chi connectivity index (χ1) is 10.0. The van der Waals surface area contributed by atoms with Crippen LogP contribution >= 0.6 is 23.2 Å². The van der Waals surface area contributed by atoms with Gasteiger partial charge in [0.1, 0.15) is 12.4 Å². The molecule has 0 heterocycles. The first-order valence-corrected chi connectivity index (χ1v) is 6.72. The highest BCUT2D eigenvalue weighted by Crippen LogP contribution is 2.35. The minimum Gasteiger partial charge on any atom is -0.486 e. The van der Waals surface area contributed by atoms with Crippen LogP contribution in [0.2, 0.25) is 10.0 Å². The highest BCUT2D eigenvalue weighted by atomic mass is 35.5. The summed E-state index contributed by atoms with van der Waals surface area (Å²) in [7, 11) is 1.26. The number of hydrogen-bond acceptors (Lipinski definition) is 3. The first kappa shape index (κ1) is 15.6. The number of halogens is 3. The largest absolute Gasteiger partial charge is 0.486 e. The molecule has 2 aromatic carbocycles. The Morgan fingerprint density at radius 3 is 2.38 bits per heavy atom. The summed E-state index contributed by atoms with van der Waals surface area (Å²) < 4.78 is 23.5. The summed E-state index contributed by atoms with van der Waals surface area (Å²) in [6, 6.07) is 8.99. The van der Waals surface area contributed by atoms with E-state index in [2.05, 4.69) is 4.74 Å². The SMILES string of the molecule is COC(=O)c1cc(Cl)c(OCc2ccccc2F)c(Cl)c1. The lowest BCUT2D eigenvalue weighted by Crippen LogP contribution is -2.03. The van der Waals surface area contributed by atoms with Gasteiger partial charge in [0, 0.05) is 5.56 Å². The van der Waals surface area contributed by atoms with Crippen LogP contribution in [0.25, 0.3) is 0 Å². The molecule has 0 saturated carbocycles. The maximum Gasteiger partial charge on any atom is 0.337 e. The first-order valence-electron chi connectivity index (χ1n) is 5.96. The van der Waals surface area contributed by atoms with Gasteiger partial charge in [0.2, 0.25) is 0 Å². The topological polar surface area (TPSA) is 35.5 Å². The molecule has 0 aliphatic heterocycles. The number of methoxy groups -OCH3 is 1. The van der Waals surface area contributed by atoms with Crippen molar-refractivity contribution in [2.45, 2.75) is 6.61 Å². The third kappa shape index (κ3) is 3.65. The van der Waals surface area contributed by atoms with Gasteiger partial charge < -0.3 is 9.47 Å². The molecular weight excluding hydrogens is 318 g/mol. The van der Waals surface area contributed by atoms with Crippen molar-refractivity contribution in [3.8, 4) is 5.75 Å². The summed E-state index contributed by atoms with van der Waals surface area (Å²) in [6.07, 6.45) is 0. The number of rotatable bonds is 4. The Morgan fingerprint density at radius 1 is 1.19 bits per heavy atom. The molecule has 0 aliphatic carbocycles. The molecule has 0 radical (unpaired) electrons. The molecule has 3 nitrogen and oxygen atoms in total. The Morgan fingerprint density at radius 2 is 1.81 bits per heavy atom. The molecule has 2 aromatic rings. The van der Waals surface area contributed by atoms with Crippen molar-refractivity contribution >= 4 is 29.2 Å². The van der Waals surface area contributed by atoms with Crippen LogP contribution in [-0.2, 0) is 11.3 Å². The van der Waals surface area contributed by atoms with E-state index in [0.29, 0.717) is 5.56 Å². The summed E-state index contributed by atoms with van der Waals surface area (Å²) in [5.74, 6) is -0.746. The van der Waals surface area contributed by atoms with Crippen molar-refractivity contribution in [2.75, 3.05) is 7.11 Å². The van der Waals surface area contributed by atoms with Crippen LogP contribution in [0, 0.1) is 5.82 Å². The van der Waals surface area contributed by atoms with Crippen molar-refractivity contribution < 1.29 is 18.7 Å². The van der Waals surface area contributed by atoms with Gasteiger partial charge in [-0.3, -0.25) is 0 Å². The van der Waals surface area contributed by atoms with E-state index in [-0.39, 0.29) is 33.8 Å². The van der Waals surface area contributed by atoms with Gasteiger partial charge in [-0.2, -0.15) is 0 Å². The maximum atomic E-state index is 13.5. The van der Waals surface area contributed by atoms with Crippen LogP contribution in [-0.4, -0.2) is 13.1 Å². The Kier molecular flexibility index (Phi) is 5.04. The number of carbonyl (C=O) groups is 1. The van der Waals surface area contributed by atoms with E-state index in [1.807, 2.05) is 0 Å². The second kappa shape index (κ2) is 6.78. The van der Waals surface area contributed by atoms with E-state index in [4.69, 9.17) is 27.9 Å². The average Bonchev–Trinajstić information content (AvgIpc) is 2.47. The predicted molar refractivity (Wildman–Crippen MR) is 78.5 cm³/mol. The van der Waals surface area contributed by atoms with Crippen LogP contribution < -0.4 is 4.74 Å². The fourth-order valence-corrected chi connectivity index (χ4v) is 2.30. The van der Waals surface area contributed by atoms with Crippen LogP contribution in [0.15, 0.2) is 36.4 Å². The second-order valence-electron chi connectivity index (χ2n) is 4.14. The fourth-order valence-electron chi connectivity index (χ4n) is 1.70. The van der Waals surface area contributed by atoms with Crippen molar-refractivity contribution in [1.29, 1.82) is 0 Å². The Balaban J connectivity index is 2.21. The molecule has 2 rings (SSSR count). The standard InChI is InChI=1S/C15H11Cl2FO3/c1-20-15(19)10-6-11(16)14(12(17)7-10)21-8-9-4-2-3-5-13(9)18/h2-7H,8H2,1H3. The lowest BCUT2D eigenvalue weighted by molar-refractivity contribution is 0.0600. The normalized spacial score (nSPS) is 10.3. The molecular formula is C15H11Cl2FO3. The molecule has 0 aliphatic rings. The van der Waals surface area contributed by atoms with Crippen LogP contribution in [0.3, 0.4) is 0 Å². The van der Waals surface area contributed by atoms with E-state index in [1.54, 1.807) is 18.2 Å². The fraction of sp³-hybridized carbons (Fsp3) is 0.133. The molecule has 0 spiro atoms. The van der Waals surface area contributed by atoms with Gasteiger partial charge in [0.25, 0.3) is 0 Å². The van der Waals surface area contributed by atoms with Crippen molar-refractivity contribution in [2.24, 2.45) is 0 Å². The summed E-state index contributed by atoms with van der Waals surface area (Å²) in [5.41, 5.74) is 0.590. The smallest absolute Gasteiger partial charge is 0.337 e. The molecule has 21 heavy (non-hydrogen) atoms. The number of hydrogen-bond donors (Lipinski definition) is 0. The minimum absolute atomic E-state index is 0.0241. The third-order valence-electron chi connectivity index (χ3n) is 2.75. The van der Waals surface area contributed by atoms with Crippen molar-refractivity contribution in [3.63, 3.8) is 0 Å². The van der Waals surface area contributed by atoms with E-state index in [1.165, 1.54) is 25.3 Å². The quantitative estimate of drug-likeness (QED) is 0.775. The number of carbonyl (C=O) groups excluding carboxylic acids is 1. The molecule has 6 heteroatoms. The second-order valence-corrected chi connectivity index (χ2v) is 4.96. The summed E-state index contributed by atoms with van der Waals surface area (Å²) >= 11 is 12.1. The molecule has 0 aromatic heterocycles. The Hall–Kier alpha value is -1.78. The average molecular weight is 329 g/mol. The van der Waals surface area contributed by atoms with Gasteiger partial charge in [-0.1, -0.05) is 41.4 Å². The highest BCUT2D eigenvalue weighted by Gasteiger charge is 2.15. The third-order valence-corrected chi connectivity index (χ3v) is 3.31. The van der Waals surface area contributed by atoms with E-state index >= 15 is 0 Å². The number of esters is 1. The van der Waals surface area contributed by atoms with Gasteiger partial charge in [-0.15, -0.1) is 0 Å². The zero-order chi connectivity index (χ0) is 15.4. The van der Waals surface area contributed by atoms with Crippen LogP contribution in [0.1, 0.15) is 15.9 Å². The molecule has 0 bridgehead atoms. The monoisotopic (exact) mass is 328 g/mol.